The third-order valence-electron chi connectivity index (χ3n) is 2.13. The van der Waals surface area contributed by atoms with Crippen molar-refractivity contribution >= 4 is 27.5 Å². The Kier molecular flexibility index (Phi) is 4.37. The monoisotopic (exact) mass is 327 g/mol. The number of rotatable bonds is 2. The van der Waals surface area contributed by atoms with Crippen molar-refractivity contribution in [1.29, 1.82) is 0 Å². The molecule has 0 bridgehead atoms. The van der Waals surface area contributed by atoms with Gasteiger partial charge in [0.1, 0.15) is 5.82 Å². The summed E-state index contributed by atoms with van der Waals surface area (Å²) in [6.45, 7) is 3.08. The number of halogens is 5. The molecule has 0 spiro atoms. The molecule has 0 atom stereocenters. The van der Waals surface area contributed by atoms with Crippen LogP contribution in [0.2, 0.25) is 0 Å². The topological polar surface area (TPSA) is 29.1 Å². The molecule has 0 radical (unpaired) electrons. The van der Waals surface area contributed by atoms with Crippen molar-refractivity contribution in [3.63, 3.8) is 0 Å². The van der Waals surface area contributed by atoms with Gasteiger partial charge in [0, 0.05) is 10.4 Å². The molecule has 1 aromatic rings. The predicted molar refractivity (Wildman–Crippen MR) is 62.6 cm³/mol. The number of hydrogen-bond donors (Lipinski definition) is 1. The van der Waals surface area contributed by atoms with Gasteiger partial charge in [0.25, 0.3) is 0 Å². The lowest BCUT2D eigenvalue weighted by atomic mass is 10.1. The maximum atomic E-state index is 13.0. The van der Waals surface area contributed by atoms with E-state index in [1.165, 1.54) is 0 Å². The Hall–Kier alpha value is -1.11. The number of alkyl halides is 3. The molecule has 2 nitrogen and oxygen atoms in total. The zero-order chi connectivity index (χ0) is 14.1. The fraction of sp³-hybridized carbons (Fsp3) is 0.364. The van der Waals surface area contributed by atoms with E-state index in [2.05, 4.69) is 21.2 Å². The minimum atomic E-state index is -4.75. The van der Waals surface area contributed by atoms with E-state index in [0.29, 0.717) is 6.07 Å². The molecule has 1 rings (SSSR count). The van der Waals surface area contributed by atoms with E-state index < -0.39 is 35.1 Å². The van der Waals surface area contributed by atoms with Gasteiger partial charge < -0.3 is 5.32 Å². The highest BCUT2D eigenvalue weighted by atomic mass is 79.9. The highest BCUT2D eigenvalue weighted by molar-refractivity contribution is 9.10. The Bertz CT molecular complexity index is 471. The SMILES string of the molecule is CC(C)C(=O)Nc1c(Br)cc(F)cc1C(F)(F)F. The lowest BCUT2D eigenvalue weighted by Crippen LogP contribution is -2.21. The maximum absolute atomic E-state index is 13.0. The highest BCUT2D eigenvalue weighted by Crippen LogP contribution is 2.39. The molecule has 1 N–H and O–H groups in total. The standard InChI is InChI=1S/C11H10BrF4NO/c1-5(2)10(18)17-9-7(11(14,15)16)3-6(13)4-8(9)12/h3-5H,1-2H3,(H,17,18). The van der Waals surface area contributed by atoms with E-state index in [1.807, 2.05) is 0 Å². The van der Waals surface area contributed by atoms with Crippen molar-refractivity contribution in [3.05, 3.63) is 28.0 Å². The second kappa shape index (κ2) is 5.26. The van der Waals surface area contributed by atoms with E-state index in [9.17, 15) is 22.4 Å². The molecule has 0 heterocycles. The summed E-state index contributed by atoms with van der Waals surface area (Å²) < 4.78 is 51.0. The summed E-state index contributed by atoms with van der Waals surface area (Å²) in [5.74, 6) is -2.09. The molecular weight excluding hydrogens is 318 g/mol. The molecule has 0 saturated carbocycles. The van der Waals surface area contributed by atoms with E-state index >= 15 is 0 Å². The summed E-state index contributed by atoms with van der Waals surface area (Å²) >= 11 is 2.81. The fourth-order valence-corrected chi connectivity index (χ4v) is 1.72. The number of carbonyl (C=O) groups is 1. The Morgan fingerprint density at radius 1 is 1.33 bits per heavy atom. The van der Waals surface area contributed by atoms with Gasteiger partial charge in [-0.3, -0.25) is 4.79 Å². The van der Waals surface area contributed by atoms with Gasteiger partial charge in [-0.05, 0) is 28.1 Å². The van der Waals surface area contributed by atoms with Gasteiger partial charge in [-0.15, -0.1) is 0 Å². The summed E-state index contributed by atoms with van der Waals surface area (Å²) in [5.41, 5.74) is -1.69. The molecule has 7 heteroatoms. The summed E-state index contributed by atoms with van der Waals surface area (Å²) in [5, 5.41) is 2.14. The highest BCUT2D eigenvalue weighted by Gasteiger charge is 2.35. The third-order valence-corrected chi connectivity index (χ3v) is 2.76. The van der Waals surface area contributed by atoms with Crippen LogP contribution in [0, 0.1) is 11.7 Å². The lowest BCUT2D eigenvalue weighted by Gasteiger charge is -2.16. The van der Waals surface area contributed by atoms with Crippen LogP contribution in [-0.4, -0.2) is 5.91 Å². The Labute approximate surface area is 109 Å². The van der Waals surface area contributed by atoms with E-state index in [-0.39, 0.29) is 4.47 Å². The first-order valence-corrected chi connectivity index (χ1v) is 5.79. The van der Waals surface area contributed by atoms with Crippen LogP contribution in [0.4, 0.5) is 23.2 Å². The summed E-state index contributed by atoms with van der Waals surface area (Å²) in [6.07, 6.45) is -4.75. The third kappa shape index (κ3) is 3.44. The van der Waals surface area contributed by atoms with Crippen LogP contribution in [0.3, 0.4) is 0 Å². The van der Waals surface area contributed by atoms with Crippen molar-refractivity contribution in [2.24, 2.45) is 5.92 Å². The van der Waals surface area contributed by atoms with Gasteiger partial charge in [-0.1, -0.05) is 13.8 Å². The van der Waals surface area contributed by atoms with Gasteiger partial charge in [0.15, 0.2) is 0 Å². The van der Waals surface area contributed by atoms with E-state index in [1.54, 1.807) is 13.8 Å². The van der Waals surface area contributed by atoms with Crippen molar-refractivity contribution in [1.82, 2.24) is 0 Å². The number of amides is 1. The summed E-state index contributed by atoms with van der Waals surface area (Å²) in [4.78, 5) is 11.4. The van der Waals surface area contributed by atoms with Gasteiger partial charge in [-0.25, -0.2) is 4.39 Å². The number of benzene rings is 1. The molecule has 100 valence electrons. The molecule has 0 saturated heterocycles. The van der Waals surface area contributed by atoms with Crippen molar-refractivity contribution < 1.29 is 22.4 Å². The molecule has 0 aliphatic rings. The van der Waals surface area contributed by atoms with Gasteiger partial charge in [0.05, 0.1) is 11.3 Å². The second-order valence-corrected chi connectivity index (χ2v) is 4.81. The minimum Gasteiger partial charge on any atom is -0.324 e. The van der Waals surface area contributed by atoms with Crippen LogP contribution in [0.25, 0.3) is 0 Å². The smallest absolute Gasteiger partial charge is 0.324 e. The number of anilines is 1. The Morgan fingerprint density at radius 2 is 1.89 bits per heavy atom. The zero-order valence-electron chi connectivity index (χ0n) is 9.53. The lowest BCUT2D eigenvalue weighted by molar-refractivity contribution is -0.137. The molecular formula is C11H10BrF4NO. The Balaban J connectivity index is 3.29. The molecule has 18 heavy (non-hydrogen) atoms. The van der Waals surface area contributed by atoms with Gasteiger partial charge in [0.2, 0.25) is 5.91 Å². The number of carbonyl (C=O) groups excluding carboxylic acids is 1. The quantitative estimate of drug-likeness (QED) is 0.810. The molecule has 0 fully saturated rings. The number of hydrogen-bond acceptors (Lipinski definition) is 1. The normalized spacial score (nSPS) is 11.8. The molecule has 0 aromatic heterocycles. The van der Waals surface area contributed by atoms with E-state index in [4.69, 9.17) is 0 Å². The molecule has 1 amide bonds. The summed E-state index contributed by atoms with van der Waals surface area (Å²) in [7, 11) is 0. The second-order valence-electron chi connectivity index (χ2n) is 3.95. The van der Waals surface area contributed by atoms with Crippen molar-refractivity contribution in [2.45, 2.75) is 20.0 Å². The van der Waals surface area contributed by atoms with Crippen LogP contribution in [-0.2, 0) is 11.0 Å². The summed E-state index contributed by atoms with van der Waals surface area (Å²) in [6, 6.07) is 1.21. The zero-order valence-corrected chi connectivity index (χ0v) is 11.1. The van der Waals surface area contributed by atoms with Crippen molar-refractivity contribution in [3.8, 4) is 0 Å². The first kappa shape index (κ1) is 14.9. The van der Waals surface area contributed by atoms with Gasteiger partial charge in [-0.2, -0.15) is 13.2 Å². The van der Waals surface area contributed by atoms with Crippen LogP contribution in [0.1, 0.15) is 19.4 Å². The maximum Gasteiger partial charge on any atom is 0.418 e. The largest absolute Gasteiger partial charge is 0.418 e. The van der Waals surface area contributed by atoms with Crippen LogP contribution < -0.4 is 5.32 Å². The van der Waals surface area contributed by atoms with Gasteiger partial charge >= 0.3 is 6.18 Å². The minimum absolute atomic E-state index is 0.149. The fourth-order valence-electron chi connectivity index (χ4n) is 1.19. The molecule has 0 aliphatic carbocycles. The number of nitrogens with one attached hydrogen (secondary N) is 1. The average molecular weight is 328 g/mol. The molecule has 0 aliphatic heterocycles. The van der Waals surface area contributed by atoms with Crippen LogP contribution >= 0.6 is 15.9 Å². The Morgan fingerprint density at radius 3 is 2.33 bits per heavy atom. The van der Waals surface area contributed by atoms with Crippen molar-refractivity contribution in [2.75, 3.05) is 5.32 Å². The van der Waals surface area contributed by atoms with E-state index in [0.717, 1.165) is 6.07 Å². The first-order chi connectivity index (χ1) is 8.12. The average Bonchev–Trinajstić information content (AvgIpc) is 2.19. The first-order valence-electron chi connectivity index (χ1n) is 5.00. The van der Waals surface area contributed by atoms with Crippen LogP contribution in [0.15, 0.2) is 16.6 Å². The molecule has 0 unspecified atom stereocenters. The molecule has 1 aromatic carbocycles. The predicted octanol–water partition coefficient (Wildman–Crippen LogP) is 4.20. The van der Waals surface area contributed by atoms with Crippen LogP contribution in [0.5, 0.6) is 0 Å².